The zero-order chi connectivity index (χ0) is 13.4. The Balaban J connectivity index is 2.68. The van der Waals surface area contributed by atoms with Gasteiger partial charge in [0.2, 0.25) is 0 Å². The number of anilines is 1. The maximum Gasteiger partial charge on any atom is 0.130 e. The maximum atomic E-state index is 8.72. The molecule has 1 rings (SSSR count). The summed E-state index contributed by atoms with van der Waals surface area (Å²) in [7, 11) is 2.04. The van der Waals surface area contributed by atoms with Gasteiger partial charge in [-0.15, -0.1) is 0 Å². The highest BCUT2D eigenvalue weighted by molar-refractivity contribution is 5.43. The number of hydrogen-bond donors (Lipinski definition) is 1. The highest BCUT2D eigenvalue weighted by atomic mass is 15.1. The van der Waals surface area contributed by atoms with E-state index >= 15 is 0 Å². The molecular weight excluding hydrogens is 224 g/mol. The van der Waals surface area contributed by atoms with Crippen LogP contribution in [0.5, 0.6) is 0 Å². The summed E-state index contributed by atoms with van der Waals surface area (Å²) < 4.78 is 0. The van der Waals surface area contributed by atoms with Crippen molar-refractivity contribution in [1.82, 2.24) is 9.88 Å². The van der Waals surface area contributed by atoms with Gasteiger partial charge in [0.25, 0.3) is 0 Å². The minimum Gasteiger partial charge on any atom is -0.370 e. The minimum atomic E-state index is 0.259. The van der Waals surface area contributed by atoms with Crippen molar-refractivity contribution in [3.05, 3.63) is 23.9 Å². The Labute approximate surface area is 110 Å². The quantitative estimate of drug-likeness (QED) is 0.803. The molecule has 0 amide bonds. The van der Waals surface area contributed by atoms with E-state index in [0.29, 0.717) is 6.42 Å². The first-order chi connectivity index (χ1) is 8.69. The normalized spacial score (nSPS) is 12.2. The Morgan fingerprint density at radius 2 is 2.33 bits per heavy atom. The van der Waals surface area contributed by atoms with Crippen molar-refractivity contribution in [2.24, 2.45) is 0 Å². The third-order valence-electron chi connectivity index (χ3n) is 2.99. The predicted molar refractivity (Wildman–Crippen MR) is 74.2 cm³/mol. The molecule has 0 radical (unpaired) electrons. The summed E-state index contributed by atoms with van der Waals surface area (Å²) in [6.45, 7) is 5.94. The molecule has 0 fully saturated rings. The van der Waals surface area contributed by atoms with E-state index in [1.807, 2.05) is 13.1 Å². The van der Waals surface area contributed by atoms with Crippen LogP contribution in [-0.4, -0.2) is 29.5 Å². The van der Waals surface area contributed by atoms with Crippen LogP contribution in [0.3, 0.4) is 0 Å². The van der Waals surface area contributed by atoms with Crippen LogP contribution in [0.1, 0.15) is 32.3 Å². The van der Waals surface area contributed by atoms with E-state index in [9.17, 15) is 0 Å². The lowest BCUT2D eigenvalue weighted by molar-refractivity contribution is 0.252. The maximum absolute atomic E-state index is 8.72. The average molecular weight is 246 g/mol. The Hall–Kier alpha value is -1.60. The lowest BCUT2D eigenvalue weighted by Gasteiger charge is -2.23. The number of aromatic nitrogens is 1. The highest BCUT2D eigenvalue weighted by Gasteiger charge is 2.11. The summed E-state index contributed by atoms with van der Waals surface area (Å²) in [4.78, 5) is 6.55. The number of nitrogens with zero attached hydrogens (tertiary/aromatic N) is 3. The summed E-state index contributed by atoms with van der Waals surface area (Å²) in [6, 6.07) is 6.51. The molecule has 0 spiro atoms. The highest BCUT2D eigenvalue weighted by Crippen LogP contribution is 2.15. The standard InChI is InChI=1S/C14H22N4/c1-4-9-16-14-13(6-5-10-17-14)11-18(3)12(2)7-8-15/h5-6,10,12H,4,7,9,11H2,1-3H3,(H,16,17). The summed E-state index contributed by atoms with van der Waals surface area (Å²) in [5.41, 5.74) is 1.18. The second-order valence-corrected chi connectivity index (χ2v) is 4.56. The van der Waals surface area contributed by atoms with Crippen molar-refractivity contribution in [3.63, 3.8) is 0 Å². The third kappa shape index (κ3) is 4.34. The number of rotatable bonds is 7. The van der Waals surface area contributed by atoms with E-state index in [-0.39, 0.29) is 6.04 Å². The summed E-state index contributed by atoms with van der Waals surface area (Å²) in [5, 5.41) is 12.1. The second kappa shape index (κ2) is 7.67. The van der Waals surface area contributed by atoms with Gasteiger partial charge in [-0.1, -0.05) is 13.0 Å². The smallest absolute Gasteiger partial charge is 0.130 e. The fourth-order valence-corrected chi connectivity index (χ4v) is 1.68. The fourth-order valence-electron chi connectivity index (χ4n) is 1.68. The van der Waals surface area contributed by atoms with Crippen LogP contribution in [-0.2, 0) is 6.54 Å². The number of pyridine rings is 1. The van der Waals surface area contributed by atoms with E-state index in [1.54, 1.807) is 6.20 Å². The van der Waals surface area contributed by atoms with Crippen LogP contribution in [0.4, 0.5) is 5.82 Å². The zero-order valence-electron chi connectivity index (χ0n) is 11.5. The minimum absolute atomic E-state index is 0.259. The van der Waals surface area contributed by atoms with Crippen molar-refractivity contribution in [2.75, 3.05) is 18.9 Å². The Bertz CT molecular complexity index is 397. The molecule has 0 aliphatic rings. The van der Waals surface area contributed by atoms with Crippen molar-refractivity contribution in [3.8, 4) is 6.07 Å². The molecule has 4 nitrogen and oxygen atoms in total. The Morgan fingerprint density at radius 3 is 3.00 bits per heavy atom. The lowest BCUT2D eigenvalue weighted by Crippen LogP contribution is -2.28. The first kappa shape index (κ1) is 14.5. The molecule has 0 aromatic carbocycles. The Morgan fingerprint density at radius 1 is 1.56 bits per heavy atom. The van der Waals surface area contributed by atoms with Gasteiger partial charge in [0, 0.05) is 30.9 Å². The van der Waals surface area contributed by atoms with Crippen LogP contribution in [0.15, 0.2) is 18.3 Å². The molecule has 0 saturated carbocycles. The molecule has 1 N–H and O–H groups in total. The van der Waals surface area contributed by atoms with Crippen molar-refractivity contribution in [1.29, 1.82) is 5.26 Å². The van der Waals surface area contributed by atoms with E-state index in [2.05, 4.69) is 41.2 Å². The van der Waals surface area contributed by atoms with E-state index < -0.39 is 0 Å². The van der Waals surface area contributed by atoms with Gasteiger partial charge < -0.3 is 5.32 Å². The average Bonchev–Trinajstić information content (AvgIpc) is 2.38. The van der Waals surface area contributed by atoms with Crippen molar-refractivity contribution < 1.29 is 0 Å². The molecule has 1 unspecified atom stereocenters. The molecule has 0 bridgehead atoms. The van der Waals surface area contributed by atoms with Gasteiger partial charge in [-0.05, 0) is 26.5 Å². The SMILES string of the molecule is CCCNc1ncccc1CN(C)C(C)CC#N. The van der Waals surface area contributed by atoms with Crippen LogP contribution < -0.4 is 5.32 Å². The first-order valence-electron chi connectivity index (χ1n) is 6.44. The molecule has 0 aliphatic carbocycles. The van der Waals surface area contributed by atoms with Crippen LogP contribution in [0.2, 0.25) is 0 Å². The van der Waals surface area contributed by atoms with Crippen molar-refractivity contribution >= 4 is 5.82 Å². The molecule has 1 atom stereocenters. The molecule has 4 heteroatoms. The molecule has 0 aliphatic heterocycles. The van der Waals surface area contributed by atoms with E-state index in [0.717, 1.165) is 25.3 Å². The van der Waals surface area contributed by atoms with Gasteiger partial charge in [0.05, 0.1) is 12.5 Å². The topological polar surface area (TPSA) is 52.0 Å². The Kier molecular flexibility index (Phi) is 6.16. The number of nitrogens with one attached hydrogen (secondary N) is 1. The van der Waals surface area contributed by atoms with Crippen LogP contribution in [0, 0.1) is 11.3 Å². The van der Waals surface area contributed by atoms with Crippen molar-refractivity contribution in [2.45, 2.75) is 39.3 Å². The van der Waals surface area contributed by atoms with Gasteiger partial charge in [0.15, 0.2) is 0 Å². The van der Waals surface area contributed by atoms with Crippen LogP contribution >= 0.6 is 0 Å². The molecule has 18 heavy (non-hydrogen) atoms. The van der Waals surface area contributed by atoms with Gasteiger partial charge in [-0.2, -0.15) is 5.26 Å². The molecular formula is C14H22N4. The summed E-state index contributed by atoms with van der Waals surface area (Å²) in [5.74, 6) is 0.954. The second-order valence-electron chi connectivity index (χ2n) is 4.56. The zero-order valence-corrected chi connectivity index (χ0v) is 11.5. The van der Waals surface area contributed by atoms with Gasteiger partial charge in [0.1, 0.15) is 5.82 Å². The fraction of sp³-hybridized carbons (Fsp3) is 0.571. The molecule has 1 aromatic rings. The largest absolute Gasteiger partial charge is 0.370 e. The van der Waals surface area contributed by atoms with Gasteiger partial charge >= 0.3 is 0 Å². The van der Waals surface area contributed by atoms with E-state index in [4.69, 9.17) is 5.26 Å². The van der Waals surface area contributed by atoms with Gasteiger partial charge in [-0.25, -0.2) is 4.98 Å². The molecule has 1 aromatic heterocycles. The molecule has 1 heterocycles. The van der Waals surface area contributed by atoms with E-state index in [1.165, 1.54) is 5.56 Å². The number of hydrogen-bond acceptors (Lipinski definition) is 4. The summed E-state index contributed by atoms with van der Waals surface area (Å²) in [6.07, 6.45) is 3.44. The molecule has 0 saturated heterocycles. The van der Waals surface area contributed by atoms with Gasteiger partial charge in [-0.3, -0.25) is 4.90 Å². The monoisotopic (exact) mass is 246 g/mol. The predicted octanol–water partition coefficient (Wildman–Crippen LogP) is 2.64. The molecule has 98 valence electrons. The number of nitriles is 1. The first-order valence-corrected chi connectivity index (χ1v) is 6.44. The lowest BCUT2D eigenvalue weighted by atomic mass is 10.2. The van der Waals surface area contributed by atoms with Crippen LogP contribution in [0.25, 0.3) is 0 Å². The summed E-state index contributed by atoms with van der Waals surface area (Å²) >= 11 is 0. The third-order valence-corrected chi connectivity index (χ3v) is 2.99.